The van der Waals surface area contributed by atoms with Crippen molar-refractivity contribution in [3.05, 3.63) is 93.5 Å². The van der Waals surface area contributed by atoms with Gasteiger partial charge < -0.3 is 10.2 Å². The zero-order valence-electron chi connectivity index (χ0n) is 23.3. The van der Waals surface area contributed by atoms with Crippen molar-refractivity contribution in [2.24, 2.45) is 5.92 Å². The molecule has 2 amide bonds. The van der Waals surface area contributed by atoms with E-state index in [2.05, 4.69) is 5.32 Å². The van der Waals surface area contributed by atoms with Crippen LogP contribution in [0.25, 0.3) is 0 Å². The first kappa shape index (κ1) is 31.5. The minimum absolute atomic E-state index is 0.00908. The largest absolute Gasteiger partial charge is 0.354 e. The lowest BCUT2D eigenvalue weighted by atomic mass is 10.1. The van der Waals surface area contributed by atoms with E-state index in [0.717, 1.165) is 21.0 Å². The second kappa shape index (κ2) is 13.5. The Morgan fingerprint density at radius 1 is 0.850 bits per heavy atom. The molecule has 1 N–H and O–H groups in total. The molecule has 3 rings (SSSR count). The van der Waals surface area contributed by atoms with Crippen LogP contribution in [0.3, 0.4) is 0 Å². The first-order valence-corrected chi connectivity index (χ1v) is 15.2. The Kier molecular flexibility index (Phi) is 10.6. The van der Waals surface area contributed by atoms with Crippen LogP contribution >= 0.6 is 23.2 Å². The van der Waals surface area contributed by atoms with Crippen molar-refractivity contribution in [3.63, 3.8) is 0 Å². The Morgan fingerprint density at radius 2 is 1.38 bits per heavy atom. The van der Waals surface area contributed by atoms with Crippen molar-refractivity contribution >= 4 is 50.7 Å². The molecular formula is C30H35Cl2N3O4S. The van der Waals surface area contributed by atoms with Crippen LogP contribution in [0, 0.1) is 19.8 Å². The summed E-state index contributed by atoms with van der Waals surface area (Å²) in [4.78, 5) is 28.4. The molecule has 3 aromatic rings. The maximum absolute atomic E-state index is 14.0. The van der Waals surface area contributed by atoms with E-state index in [9.17, 15) is 18.0 Å². The maximum atomic E-state index is 14.0. The molecule has 214 valence electrons. The lowest BCUT2D eigenvalue weighted by Gasteiger charge is -2.32. The highest BCUT2D eigenvalue weighted by Gasteiger charge is 2.33. The molecule has 3 aromatic carbocycles. The van der Waals surface area contributed by atoms with Gasteiger partial charge in [0.1, 0.15) is 12.6 Å². The van der Waals surface area contributed by atoms with Crippen LogP contribution in [-0.2, 0) is 26.2 Å². The molecule has 0 bridgehead atoms. The molecule has 0 spiro atoms. The van der Waals surface area contributed by atoms with Crippen molar-refractivity contribution in [1.82, 2.24) is 10.2 Å². The molecule has 7 nitrogen and oxygen atoms in total. The summed E-state index contributed by atoms with van der Waals surface area (Å²) < 4.78 is 28.8. The van der Waals surface area contributed by atoms with Crippen LogP contribution in [0.5, 0.6) is 0 Å². The number of rotatable bonds is 11. The zero-order chi connectivity index (χ0) is 29.6. The molecular weight excluding hydrogens is 569 g/mol. The van der Waals surface area contributed by atoms with Gasteiger partial charge in [0.15, 0.2) is 0 Å². The highest BCUT2D eigenvalue weighted by Crippen LogP contribution is 2.30. The van der Waals surface area contributed by atoms with Crippen molar-refractivity contribution in [3.8, 4) is 0 Å². The van der Waals surface area contributed by atoms with Gasteiger partial charge in [-0.15, -0.1) is 0 Å². The molecule has 0 heterocycles. The fraction of sp³-hybridized carbons (Fsp3) is 0.333. The number of benzene rings is 3. The maximum Gasteiger partial charge on any atom is 0.264 e. The van der Waals surface area contributed by atoms with E-state index in [1.54, 1.807) is 19.1 Å². The predicted octanol–water partition coefficient (Wildman–Crippen LogP) is 6.00. The van der Waals surface area contributed by atoms with Crippen molar-refractivity contribution < 1.29 is 18.0 Å². The van der Waals surface area contributed by atoms with E-state index >= 15 is 0 Å². The molecule has 0 aliphatic heterocycles. The second-order valence-corrected chi connectivity index (χ2v) is 13.0. The predicted molar refractivity (Wildman–Crippen MR) is 161 cm³/mol. The first-order chi connectivity index (χ1) is 18.8. The van der Waals surface area contributed by atoms with Crippen molar-refractivity contribution in [1.29, 1.82) is 0 Å². The average Bonchev–Trinajstić information content (AvgIpc) is 2.89. The molecule has 0 saturated carbocycles. The Hall–Kier alpha value is -3.07. The smallest absolute Gasteiger partial charge is 0.264 e. The Morgan fingerprint density at radius 3 is 1.90 bits per heavy atom. The van der Waals surface area contributed by atoms with E-state index in [0.29, 0.717) is 6.54 Å². The fourth-order valence-electron chi connectivity index (χ4n) is 3.97. The van der Waals surface area contributed by atoms with Crippen LogP contribution in [0.4, 0.5) is 5.69 Å². The van der Waals surface area contributed by atoms with Gasteiger partial charge in [0.2, 0.25) is 11.8 Å². The third-order valence-electron chi connectivity index (χ3n) is 6.35. The molecule has 1 atom stereocenters. The molecule has 0 aromatic heterocycles. The number of anilines is 1. The van der Waals surface area contributed by atoms with Gasteiger partial charge in [-0.1, -0.05) is 84.6 Å². The number of halogens is 2. The number of sulfonamides is 1. The number of hydrogen-bond acceptors (Lipinski definition) is 4. The second-order valence-electron chi connectivity index (χ2n) is 10.3. The average molecular weight is 605 g/mol. The van der Waals surface area contributed by atoms with E-state index in [4.69, 9.17) is 23.2 Å². The normalized spacial score (nSPS) is 12.2. The van der Waals surface area contributed by atoms with E-state index < -0.39 is 28.5 Å². The highest BCUT2D eigenvalue weighted by molar-refractivity contribution is 7.92. The minimum atomic E-state index is -4.21. The molecule has 0 fully saturated rings. The third kappa shape index (κ3) is 8.22. The monoisotopic (exact) mass is 603 g/mol. The zero-order valence-corrected chi connectivity index (χ0v) is 25.6. The highest BCUT2D eigenvalue weighted by atomic mass is 35.5. The molecule has 0 unspecified atom stereocenters. The van der Waals surface area contributed by atoms with Gasteiger partial charge in [0, 0.05) is 23.1 Å². The standard InChI is InChI=1S/C30H35Cl2N3O4S/c1-20(2)17-33-30(37)23(5)34(18-24-10-6-21(3)7-11-24)29(36)19-35(27-15-25(31)14-26(32)16-27)40(38,39)28-12-8-22(4)9-13-28/h6-16,20,23H,17-19H2,1-5H3,(H,33,37)/t23-/m1/s1. The Labute approximate surface area is 247 Å². The van der Waals surface area contributed by atoms with Crippen LogP contribution in [0.1, 0.15) is 37.5 Å². The minimum Gasteiger partial charge on any atom is -0.354 e. The Bertz CT molecular complexity index is 1420. The molecule has 40 heavy (non-hydrogen) atoms. The summed E-state index contributed by atoms with van der Waals surface area (Å²) in [6, 6.07) is 17.4. The quantitative estimate of drug-likeness (QED) is 0.291. The number of aryl methyl sites for hydroxylation is 2. The van der Waals surface area contributed by atoms with Gasteiger partial charge in [-0.3, -0.25) is 13.9 Å². The lowest BCUT2D eigenvalue weighted by molar-refractivity contribution is -0.139. The van der Waals surface area contributed by atoms with E-state index in [-0.39, 0.29) is 39.0 Å². The van der Waals surface area contributed by atoms with Crippen LogP contribution in [0.15, 0.2) is 71.6 Å². The van der Waals surface area contributed by atoms with E-state index in [1.165, 1.54) is 35.2 Å². The van der Waals surface area contributed by atoms with Gasteiger partial charge >= 0.3 is 0 Å². The molecule has 0 aliphatic rings. The van der Waals surface area contributed by atoms with Crippen LogP contribution in [0.2, 0.25) is 10.0 Å². The van der Waals surface area contributed by atoms with Gasteiger partial charge in [0.25, 0.3) is 10.0 Å². The number of nitrogens with one attached hydrogen (secondary N) is 1. The summed E-state index contributed by atoms with van der Waals surface area (Å²) in [7, 11) is -4.21. The summed E-state index contributed by atoms with van der Waals surface area (Å²) in [5, 5.41) is 3.31. The molecule has 0 radical (unpaired) electrons. The summed E-state index contributed by atoms with van der Waals surface area (Å²) in [6.45, 7) is 9.39. The molecule has 0 saturated heterocycles. The molecule has 10 heteroatoms. The molecule has 0 aliphatic carbocycles. The Balaban J connectivity index is 2.04. The SMILES string of the molecule is Cc1ccc(CN(C(=O)CN(c2cc(Cl)cc(Cl)c2)S(=O)(=O)c2ccc(C)cc2)[C@H](C)C(=O)NCC(C)C)cc1. The summed E-state index contributed by atoms with van der Waals surface area (Å²) in [5.41, 5.74) is 2.88. The van der Waals surface area contributed by atoms with Crippen molar-refractivity contribution in [2.45, 2.75) is 52.1 Å². The number of hydrogen-bond donors (Lipinski definition) is 1. The van der Waals surface area contributed by atoms with Gasteiger partial charge in [0.05, 0.1) is 10.6 Å². The topological polar surface area (TPSA) is 86.8 Å². The third-order valence-corrected chi connectivity index (χ3v) is 8.57. The summed E-state index contributed by atoms with van der Waals surface area (Å²) in [6.07, 6.45) is 0. The fourth-order valence-corrected chi connectivity index (χ4v) is 5.89. The number of carbonyl (C=O) groups excluding carboxylic acids is 2. The van der Waals surface area contributed by atoms with Crippen LogP contribution < -0.4 is 9.62 Å². The van der Waals surface area contributed by atoms with Gasteiger partial charge in [-0.25, -0.2) is 8.42 Å². The number of nitrogens with zero attached hydrogens (tertiary/aromatic N) is 2. The summed E-state index contributed by atoms with van der Waals surface area (Å²) >= 11 is 12.5. The summed E-state index contributed by atoms with van der Waals surface area (Å²) in [5.74, 6) is -0.660. The number of carbonyl (C=O) groups is 2. The number of amides is 2. The first-order valence-electron chi connectivity index (χ1n) is 13.0. The van der Waals surface area contributed by atoms with Gasteiger partial charge in [-0.05, 0) is 62.6 Å². The van der Waals surface area contributed by atoms with E-state index in [1.807, 2.05) is 52.0 Å². The van der Waals surface area contributed by atoms with Crippen LogP contribution in [-0.4, -0.2) is 44.3 Å². The lowest BCUT2D eigenvalue weighted by Crippen LogP contribution is -2.51. The van der Waals surface area contributed by atoms with Crippen molar-refractivity contribution in [2.75, 3.05) is 17.4 Å². The van der Waals surface area contributed by atoms with Gasteiger partial charge in [-0.2, -0.15) is 0 Å².